The van der Waals surface area contributed by atoms with Gasteiger partial charge in [-0.1, -0.05) is 30.3 Å². The van der Waals surface area contributed by atoms with Crippen LogP contribution in [-0.2, 0) is 0 Å². The molecule has 0 N–H and O–H groups in total. The van der Waals surface area contributed by atoms with Gasteiger partial charge in [0.1, 0.15) is 0 Å². The van der Waals surface area contributed by atoms with Gasteiger partial charge in [-0.15, -0.1) is 0 Å². The highest BCUT2D eigenvalue weighted by molar-refractivity contribution is 9.15. The molecule has 0 aliphatic carbocycles. The van der Waals surface area contributed by atoms with E-state index in [0.29, 0.717) is 0 Å². The minimum absolute atomic E-state index is 0.936. The third kappa shape index (κ3) is 3.97. The summed E-state index contributed by atoms with van der Waals surface area (Å²) in [6, 6.07) is 18.4. The van der Waals surface area contributed by atoms with Gasteiger partial charge >= 0.3 is 0 Å². The maximum atomic E-state index is 3.75. The molecule has 0 aliphatic rings. The van der Waals surface area contributed by atoms with E-state index in [1.54, 1.807) is 0 Å². The SMILES string of the molecule is Brc1ccccc1N(c1ccccc1)c1c(Br)c(Br)c(Br)c(Br)c1Br. The number of para-hydroxylation sites is 2. The molecule has 0 aliphatic heterocycles. The second-order valence-corrected chi connectivity index (χ2v) is 9.86. The quantitative estimate of drug-likeness (QED) is 0.193. The van der Waals surface area contributed by atoms with E-state index in [4.69, 9.17) is 0 Å². The van der Waals surface area contributed by atoms with Gasteiger partial charge < -0.3 is 4.90 Å². The molecule has 128 valence electrons. The van der Waals surface area contributed by atoms with Gasteiger partial charge in [-0.25, -0.2) is 0 Å². The summed E-state index contributed by atoms with van der Waals surface area (Å²) >= 11 is 22.1. The van der Waals surface area contributed by atoms with Crippen molar-refractivity contribution in [1.29, 1.82) is 0 Å². The van der Waals surface area contributed by atoms with Crippen molar-refractivity contribution < 1.29 is 0 Å². The minimum atomic E-state index is 0.936. The average molecular weight is 719 g/mol. The van der Waals surface area contributed by atoms with Crippen molar-refractivity contribution in [1.82, 2.24) is 0 Å². The lowest BCUT2D eigenvalue weighted by Crippen LogP contribution is -2.12. The van der Waals surface area contributed by atoms with Crippen LogP contribution in [0.5, 0.6) is 0 Å². The van der Waals surface area contributed by atoms with Crippen LogP contribution in [0.25, 0.3) is 0 Å². The molecule has 0 spiro atoms. The van der Waals surface area contributed by atoms with Crippen LogP contribution in [0, 0.1) is 0 Å². The van der Waals surface area contributed by atoms with Crippen LogP contribution in [0.4, 0.5) is 17.1 Å². The van der Waals surface area contributed by atoms with E-state index < -0.39 is 0 Å². The molecule has 0 heterocycles. The lowest BCUT2D eigenvalue weighted by molar-refractivity contribution is 1.23. The van der Waals surface area contributed by atoms with Gasteiger partial charge in [0.2, 0.25) is 0 Å². The van der Waals surface area contributed by atoms with Crippen LogP contribution in [0.1, 0.15) is 0 Å². The zero-order valence-electron chi connectivity index (χ0n) is 12.4. The molecule has 0 fully saturated rings. The Bertz CT molecular complexity index is 897. The second-order valence-electron chi connectivity index (χ2n) is 5.04. The molecule has 7 heteroatoms. The highest BCUT2D eigenvalue weighted by atomic mass is 79.9. The van der Waals surface area contributed by atoms with Crippen molar-refractivity contribution in [2.24, 2.45) is 0 Å². The van der Waals surface area contributed by atoms with E-state index in [1.165, 1.54) is 0 Å². The van der Waals surface area contributed by atoms with E-state index in [9.17, 15) is 0 Å². The summed E-state index contributed by atoms with van der Waals surface area (Å²) in [5.74, 6) is 0. The predicted octanol–water partition coefficient (Wildman–Crippen LogP) is 9.73. The van der Waals surface area contributed by atoms with Gasteiger partial charge in [-0.3, -0.25) is 0 Å². The topological polar surface area (TPSA) is 3.24 Å². The summed E-state index contributed by atoms with van der Waals surface area (Å²) in [6.45, 7) is 0. The van der Waals surface area contributed by atoms with Crippen molar-refractivity contribution >= 4 is 113 Å². The molecule has 0 unspecified atom stereocenters. The van der Waals surface area contributed by atoms with Gasteiger partial charge in [0.15, 0.2) is 0 Å². The van der Waals surface area contributed by atoms with Gasteiger partial charge in [-0.2, -0.15) is 0 Å². The smallest absolute Gasteiger partial charge is 0.0770 e. The first kappa shape index (κ1) is 20.1. The lowest BCUT2D eigenvalue weighted by atomic mass is 10.2. The Labute approximate surface area is 197 Å². The molecular weight excluding hydrogens is 710 g/mol. The fraction of sp³-hybridized carbons (Fsp3) is 0. The van der Waals surface area contributed by atoms with Gasteiger partial charge in [0.25, 0.3) is 0 Å². The second kappa shape index (κ2) is 8.57. The first-order valence-corrected chi connectivity index (χ1v) is 11.8. The first-order chi connectivity index (χ1) is 11.9. The van der Waals surface area contributed by atoms with Crippen LogP contribution in [0.15, 0.2) is 81.4 Å². The highest BCUT2D eigenvalue weighted by Crippen LogP contribution is 2.53. The van der Waals surface area contributed by atoms with Crippen molar-refractivity contribution in [3.05, 3.63) is 81.4 Å². The maximum Gasteiger partial charge on any atom is 0.0770 e. The van der Waals surface area contributed by atoms with Crippen LogP contribution < -0.4 is 4.90 Å². The van der Waals surface area contributed by atoms with E-state index in [0.717, 1.165) is 43.9 Å². The Balaban J connectivity index is 2.37. The van der Waals surface area contributed by atoms with Crippen LogP contribution in [0.3, 0.4) is 0 Å². The molecule has 3 rings (SSSR count). The Morgan fingerprint density at radius 3 is 1.56 bits per heavy atom. The molecule has 0 radical (unpaired) electrons. The van der Waals surface area contributed by atoms with Gasteiger partial charge in [-0.05, 0) is 120 Å². The predicted molar refractivity (Wildman–Crippen MR) is 127 cm³/mol. The average Bonchev–Trinajstić information content (AvgIpc) is 2.63. The van der Waals surface area contributed by atoms with E-state index in [2.05, 4.69) is 119 Å². The molecule has 0 atom stereocenters. The largest absolute Gasteiger partial charge is 0.307 e. The molecule has 3 aromatic rings. The fourth-order valence-electron chi connectivity index (χ4n) is 2.39. The normalized spacial score (nSPS) is 10.8. The zero-order chi connectivity index (χ0) is 18.1. The Kier molecular flexibility index (Phi) is 6.88. The number of anilines is 3. The Morgan fingerprint density at radius 2 is 1.00 bits per heavy atom. The van der Waals surface area contributed by atoms with Gasteiger partial charge in [0.05, 0.1) is 20.3 Å². The summed E-state index contributed by atoms with van der Waals surface area (Å²) in [6.07, 6.45) is 0. The molecule has 25 heavy (non-hydrogen) atoms. The molecular formula is C18H9Br6N. The number of benzene rings is 3. The number of hydrogen-bond acceptors (Lipinski definition) is 1. The molecule has 3 aromatic carbocycles. The summed E-state index contributed by atoms with van der Waals surface area (Å²) in [5, 5.41) is 0. The van der Waals surface area contributed by atoms with Crippen LogP contribution in [0.2, 0.25) is 0 Å². The summed E-state index contributed by atoms with van der Waals surface area (Å²) in [5.41, 5.74) is 3.08. The first-order valence-electron chi connectivity index (χ1n) is 7.04. The summed E-state index contributed by atoms with van der Waals surface area (Å²) in [7, 11) is 0. The third-order valence-corrected chi connectivity index (χ3v) is 10.2. The lowest BCUT2D eigenvalue weighted by Gasteiger charge is -2.29. The summed E-state index contributed by atoms with van der Waals surface area (Å²) < 4.78 is 5.70. The Morgan fingerprint density at radius 1 is 0.520 bits per heavy atom. The fourth-order valence-corrected chi connectivity index (χ4v) is 6.23. The minimum Gasteiger partial charge on any atom is -0.307 e. The number of halogens is 6. The van der Waals surface area contributed by atoms with Crippen LogP contribution >= 0.6 is 95.6 Å². The van der Waals surface area contributed by atoms with E-state index in [1.807, 2.05) is 36.4 Å². The third-order valence-electron chi connectivity index (χ3n) is 3.52. The molecule has 1 nitrogen and oxygen atoms in total. The van der Waals surface area contributed by atoms with E-state index in [-0.39, 0.29) is 0 Å². The van der Waals surface area contributed by atoms with Crippen molar-refractivity contribution in [3.8, 4) is 0 Å². The monoisotopic (exact) mass is 713 g/mol. The maximum absolute atomic E-state index is 3.75. The number of nitrogens with zero attached hydrogens (tertiary/aromatic N) is 1. The molecule has 0 saturated heterocycles. The van der Waals surface area contributed by atoms with Crippen molar-refractivity contribution in [2.45, 2.75) is 0 Å². The highest BCUT2D eigenvalue weighted by Gasteiger charge is 2.25. The molecule has 0 bridgehead atoms. The van der Waals surface area contributed by atoms with Gasteiger partial charge in [0, 0.05) is 23.6 Å². The van der Waals surface area contributed by atoms with E-state index >= 15 is 0 Å². The molecule has 0 saturated carbocycles. The molecule has 0 aromatic heterocycles. The number of rotatable bonds is 3. The van der Waals surface area contributed by atoms with Crippen molar-refractivity contribution in [2.75, 3.05) is 4.90 Å². The Hall–Kier alpha value is 0.340. The van der Waals surface area contributed by atoms with Crippen LogP contribution in [-0.4, -0.2) is 0 Å². The molecule has 0 amide bonds. The number of hydrogen-bond donors (Lipinski definition) is 0. The zero-order valence-corrected chi connectivity index (χ0v) is 21.9. The summed E-state index contributed by atoms with van der Waals surface area (Å²) in [4.78, 5) is 2.19. The standard InChI is InChI=1S/C18H9Br6N/c19-11-8-4-5-9-12(11)25(10-6-2-1-3-7-10)18-16(23)14(21)13(20)15(22)17(18)24/h1-9H. The van der Waals surface area contributed by atoms with Crippen molar-refractivity contribution in [3.63, 3.8) is 0 Å².